The summed E-state index contributed by atoms with van der Waals surface area (Å²) in [4.78, 5) is 15.1. The molecule has 0 heterocycles. The van der Waals surface area contributed by atoms with Gasteiger partial charge in [0.15, 0.2) is 0 Å². The van der Waals surface area contributed by atoms with Crippen LogP contribution in [-0.4, -0.2) is 42.9 Å². The van der Waals surface area contributed by atoms with E-state index in [-0.39, 0.29) is 24.5 Å². The summed E-state index contributed by atoms with van der Waals surface area (Å²) in [6.07, 6.45) is -0.878. The fourth-order valence-corrected chi connectivity index (χ4v) is 11.3. The first-order valence-electron chi connectivity index (χ1n) is 16.5. The van der Waals surface area contributed by atoms with E-state index in [1.165, 1.54) is 15.3 Å². The van der Waals surface area contributed by atoms with Gasteiger partial charge < -0.3 is 19.4 Å². The molecule has 0 aliphatic heterocycles. The Bertz CT molecular complexity index is 1730. The topological polar surface area (TPSA) is 79.2 Å². The third kappa shape index (κ3) is 6.54. The number of anilines is 2. The molecule has 0 saturated carbocycles. The average Bonchev–Trinajstić information content (AvgIpc) is 3.23. The molecular weight excluding hydrogens is 615 g/mol. The smallest absolute Gasteiger partial charge is 0.419 e. The van der Waals surface area contributed by atoms with Crippen molar-refractivity contribution in [1.29, 1.82) is 0 Å². The molecule has 5 aromatic rings. The Morgan fingerprint density at radius 3 is 1.77 bits per heavy atom. The minimum Gasteiger partial charge on any atom is -0.534 e. The number of aliphatic hydroxyl groups is 2. The van der Waals surface area contributed by atoms with E-state index in [4.69, 9.17) is 9.16 Å². The highest BCUT2D eigenvalue weighted by Crippen LogP contribution is 2.41. The number of carbonyl (C=O) groups excluding carboxylic acids is 1. The normalized spacial score (nSPS) is 17.9. The number of hydrogen-bond acceptors (Lipinski definition) is 5. The molecule has 246 valence electrons. The minimum atomic E-state index is -2.93. The van der Waals surface area contributed by atoms with Gasteiger partial charge in [0.25, 0.3) is 0 Å². The molecule has 2 N–H and O–H groups in total. The van der Waals surface area contributed by atoms with Gasteiger partial charge in [-0.15, -0.1) is 0 Å². The van der Waals surface area contributed by atoms with E-state index in [1.54, 1.807) is 0 Å². The summed E-state index contributed by atoms with van der Waals surface area (Å²) >= 11 is 0. The Labute approximate surface area is 284 Å². The van der Waals surface area contributed by atoms with Gasteiger partial charge in [-0.1, -0.05) is 130 Å². The predicted octanol–water partition coefficient (Wildman–Crippen LogP) is 7.18. The van der Waals surface area contributed by atoms with Crippen molar-refractivity contribution < 1.29 is 24.2 Å². The molecule has 0 bridgehead atoms. The van der Waals surface area contributed by atoms with Crippen molar-refractivity contribution >= 4 is 36.2 Å². The van der Waals surface area contributed by atoms with E-state index in [0.29, 0.717) is 17.8 Å². The molecule has 2 unspecified atom stereocenters. The van der Waals surface area contributed by atoms with Crippen LogP contribution in [0.5, 0.6) is 5.75 Å². The van der Waals surface area contributed by atoms with Gasteiger partial charge in [-0.2, -0.15) is 0 Å². The van der Waals surface area contributed by atoms with Crippen LogP contribution >= 0.6 is 0 Å². The Hall–Kier alpha value is -4.69. The Kier molecular flexibility index (Phi) is 9.55. The summed E-state index contributed by atoms with van der Waals surface area (Å²) in [5, 5.41) is 25.5. The van der Waals surface area contributed by atoms with Crippen LogP contribution in [0.3, 0.4) is 0 Å². The quantitative estimate of drug-likeness (QED) is 0.137. The van der Waals surface area contributed by atoms with Gasteiger partial charge in [0.2, 0.25) is 0 Å². The van der Waals surface area contributed by atoms with Crippen molar-refractivity contribution in [2.75, 3.05) is 11.5 Å². The average molecular weight is 658 g/mol. The Morgan fingerprint density at radius 2 is 1.27 bits per heavy atom. The number of para-hydroxylation sites is 2. The van der Waals surface area contributed by atoms with Crippen LogP contribution in [0.4, 0.5) is 16.2 Å². The molecule has 6 rings (SSSR count). The summed E-state index contributed by atoms with van der Waals surface area (Å²) < 4.78 is 13.2. The number of hydrogen-bond donors (Lipinski definition) is 2. The number of fused-ring (bicyclic) bond motifs is 1. The highest BCUT2D eigenvalue weighted by molar-refractivity contribution is 7.00. The van der Waals surface area contributed by atoms with E-state index < -0.39 is 26.1 Å². The molecule has 0 fully saturated rings. The zero-order valence-corrected chi connectivity index (χ0v) is 28.8. The molecule has 0 radical (unpaired) electrons. The lowest BCUT2D eigenvalue weighted by Crippen LogP contribution is -2.68. The molecule has 6 nitrogen and oxygen atoms in total. The first kappa shape index (κ1) is 33.2. The SMILES string of the molecule is CC(C)(C)[Si](Oc1cccc2c1CCC(O)C(O)(COC(=O)N(c1ccccc1)c1ccccc1)C2)(c1ccccc1)c1ccccc1. The summed E-state index contributed by atoms with van der Waals surface area (Å²) in [6, 6.07) is 45.4. The van der Waals surface area contributed by atoms with Gasteiger partial charge in [-0.3, -0.25) is 0 Å². The highest BCUT2D eigenvalue weighted by Gasteiger charge is 2.52. The molecule has 0 aromatic heterocycles. The van der Waals surface area contributed by atoms with Crippen LogP contribution in [0.25, 0.3) is 0 Å². The van der Waals surface area contributed by atoms with E-state index >= 15 is 0 Å². The number of nitrogens with zero attached hydrogens (tertiary/aromatic N) is 1. The molecule has 1 aliphatic rings. The van der Waals surface area contributed by atoms with Crippen LogP contribution in [-0.2, 0) is 17.6 Å². The minimum absolute atomic E-state index is 0.103. The fraction of sp³-hybridized carbons (Fsp3) is 0.244. The van der Waals surface area contributed by atoms with E-state index in [9.17, 15) is 15.0 Å². The second-order valence-electron chi connectivity index (χ2n) is 13.6. The lowest BCUT2D eigenvalue weighted by atomic mass is 9.90. The number of amides is 1. The highest BCUT2D eigenvalue weighted by atomic mass is 28.4. The maximum absolute atomic E-state index is 13.6. The summed E-state index contributed by atoms with van der Waals surface area (Å²) in [5.74, 6) is 0.759. The predicted molar refractivity (Wildman–Crippen MR) is 194 cm³/mol. The third-order valence-corrected chi connectivity index (χ3v) is 14.3. The molecular formula is C41H43NO5Si. The monoisotopic (exact) mass is 657 g/mol. The van der Waals surface area contributed by atoms with Gasteiger partial charge in [-0.25, -0.2) is 9.69 Å². The molecule has 1 aliphatic carbocycles. The zero-order chi connectivity index (χ0) is 33.8. The van der Waals surface area contributed by atoms with Gasteiger partial charge >= 0.3 is 14.4 Å². The van der Waals surface area contributed by atoms with E-state index in [1.807, 2.05) is 91.0 Å². The molecule has 7 heteroatoms. The molecule has 0 saturated heterocycles. The Balaban J connectivity index is 1.32. The number of rotatable bonds is 8. The van der Waals surface area contributed by atoms with Gasteiger partial charge in [0, 0.05) is 6.42 Å². The molecule has 1 amide bonds. The van der Waals surface area contributed by atoms with Gasteiger partial charge in [0.1, 0.15) is 18.0 Å². The summed E-state index contributed by atoms with van der Waals surface area (Å²) in [7, 11) is -2.93. The number of carbonyl (C=O) groups is 1. The number of aliphatic hydroxyl groups excluding tert-OH is 1. The first-order valence-corrected chi connectivity index (χ1v) is 18.4. The van der Waals surface area contributed by atoms with Crippen molar-refractivity contribution in [3.8, 4) is 5.75 Å². The molecule has 5 aromatic carbocycles. The van der Waals surface area contributed by atoms with Crippen molar-refractivity contribution in [3.05, 3.63) is 151 Å². The van der Waals surface area contributed by atoms with E-state index in [2.05, 4.69) is 69.3 Å². The second-order valence-corrected chi connectivity index (χ2v) is 17.8. The van der Waals surface area contributed by atoms with Crippen LogP contribution in [0.15, 0.2) is 140 Å². The third-order valence-electron chi connectivity index (χ3n) is 9.35. The van der Waals surface area contributed by atoms with Crippen LogP contribution in [0.2, 0.25) is 5.04 Å². The van der Waals surface area contributed by atoms with Crippen molar-refractivity contribution in [2.24, 2.45) is 0 Å². The fourth-order valence-electron chi connectivity index (χ4n) is 6.88. The standard InChI is InChI=1S/C41H43NO5Si/c1-40(2,3)48(34-22-12-6-13-23-34,35-24-14-7-15-25-35)47-37-26-16-17-31-29-41(45,38(43)28-27-36(31)37)30-46-39(44)42(32-18-8-4-9-19-32)33-20-10-5-11-21-33/h4-26,38,43,45H,27-30H2,1-3H3. The molecule has 2 atom stereocenters. The van der Waals surface area contributed by atoms with Crippen molar-refractivity contribution in [3.63, 3.8) is 0 Å². The lowest BCUT2D eigenvalue weighted by molar-refractivity contribution is -0.105. The first-order chi connectivity index (χ1) is 23.1. The lowest BCUT2D eigenvalue weighted by Gasteiger charge is -2.43. The van der Waals surface area contributed by atoms with Crippen molar-refractivity contribution in [1.82, 2.24) is 0 Å². The second kappa shape index (κ2) is 13.8. The summed E-state index contributed by atoms with van der Waals surface area (Å²) in [5.41, 5.74) is 1.40. The maximum atomic E-state index is 13.6. The maximum Gasteiger partial charge on any atom is 0.419 e. The largest absolute Gasteiger partial charge is 0.534 e. The van der Waals surface area contributed by atoms with E-state index in [0.717, 1.165) is 16.9 Å². The Morgan fingerprint density at radius 1 is 0.771 bits per heavy atom. The number of ether oxygens (including phenoxy) is 1. The van der Waals surface area contributed by atoms with Crippen molar-refractivity contribution in [2.45, 2.75) is 56.8 Å². The van der Waals surface area contributed by atoms with Gasteiger partial charge in [0.05, 0.1) is 17.5 Å². The number of benzene rings is 5. The van der Waals surface area contributed by atoms with Crippen LogP contribution < -0.4 is 19.7 Å². The zero-order valence-electron chi connectivity index (χ0n) is 27.8. The summed E-state index contributed by atoms with van der Waals surface area (Å²) in [6.45, 7) is 6.35. The molecule has 48 heavy (non-hydrogen) atoms. The van der Waals surface area contributed by atoms with Crippen LogP contribution in [0.1, 0.15) is 38.3 Å². The van der Waals surface area contributed by atoms with Gasteiger partial charge in [-0.05, 0) is 69.7 Å². The molecule has 0 spiro atoms. The van der Waals surface area contributed by atoms with Crippen LogP contribution in [0, 0.1) is 0 Å².